The standard InChI is InChI=1S/2C5H10O2.2H2O.U/c2*1-5(2,3)4(6)7;;;/h2*1-3H3,(H,6,7);2*1H2;/q;;;;+2/p-2. The molecule has 0 spiro atoms. The van der Waals surface area contributed by atoms with Crippen LogP contribution >= 0.6 is 0 Å². The number of carbonyl (C=O) groups is 2. The molecular weight excluding hydrogens is 454 g/mol. The first-order valence-electron chi connectivity index (χ1n) is 4.32. The minimum absolute atomic E-state index is 0. The first kappa shape index (κ1) is 30.2. The van der Waals surface area contributed by atoms with Crippen molar-refractivity contribution in [3.8, 4) is 0 Å². The van der Waals surface area contributed by atoms with Crippen LogP contribution in [0, 0.1) is 41.9 Å². The van der Waals surface area contributed by atoms with Crippen molar-refractivity contribution in [3.63, 3.8) is 0 Å². The zero-order chi connectivity index (χ0) is 12.2. The van der Waals surface area contributed by atoms with E-state index in [1.807, 2.05) is 0 Å². The molecule has 17 heavy (non-hydrogen) atoms. The van der Waals surface area contributed by atoms with Gasteiger partial charge in [0.15, 0.2) is 0 Å². The predicted octanol–water partition coefficient (Wildman–Crippen LogP) is -2.08. The fraction of sp³-hybridized carbons (Fsp3) is 0.800. The topological polar surface area (TPSA) is 143 Å². The molecule has 0 aliphatic heterocycles. The van der Waals surface area contributed by atoms with Gasteiger partial charge in [0, 0.05) is 22.8 Å². The van der Waals surface area contributed by atoms with E-state index in [0.717, 1.165) is 0 Å². The summed E-state index contributed by atoms with van der Waals surface area (Å²) in [6.45, 7) is 9.60. The predicted molar refractivity (Wildman–Crippen MR) is 56.2 cm³/mol. The fourth-order valence-corrected chi connectivity index (χ4v) is 0. The molecule has 0 atom stereocenters. The number of carboxylic acid groups (broad SMARTS) is 2. The molecule has 0 rings (SSSR count). The number of carboxylic acids is 2. The Hall–Kier alpha value is -0.0881. The van der Waals surface area contributed by atoms with Gasteiger partial charge < -0.3 is 30.8 Å². The molecule has 0 aliphatic carbocycles. The van der Waals surface area contributed by atoms with Gasteiger partial charge >= 0.3 is 31.1 Å². The van der Waals surface area contributed by atoms with Gasteiger partial charge in [0.05, 0.1) is 0 Å². The van der Waals surface area contributed by atoms with Gasteiger partial charge in [-0.1, -0.05) is 41.5 Å². The van der Waals surface area contributed by atoms with Crippen LogP contribution in [0.5, 0.6) is 0 Å². The summed E-state index contributed by atoms with van der Waals surface area (Å²) in [6.07, 6.45) is 0. The number of hydrogen-bond donors (Lipinski definition) is 0. The van der Waals surface area contributed by atoms with Gasteiger partial charge in [0.25, 0.3) is 0 Å². The van der Waals surface area contributed by atoms with Crippen LogP contribution in [0.15, 0.2) is 0 Å². The van der Waals surface area contributed by atoms with E-state index in [0.29, 0.717) is 0 Å². The minimum atomic E-state index is -1.01. The summed E-state index contributed by atoms with van der Waals surface area (Å²) in [7, 11) is 0. The molecule has 0 fully saturated rings. The Morgan fingerprint density at radius 1 is 0.706 bits per heavy atom. The summed E-state index contributed by atoms with van der Waals surface area (Å²) < 4.78 is 0. The molecule has 0 saturated heterocycles. The fourth-order valence-electron chi connectivity index (χ4n) is 0. The van der Waals surface area contributed by atoms with Crippen molar-refractivity contribution in [2.45, 2.75) is 41.5 Å². The molecular formula is C10H22O6U. The van der Waals surface area contributed by atoms with E-state index in [2.05, 4.69) is 0 Å². The average molecular weight is 476 g/mol. The molecule has 0 aromatic carbocycles. The third-order valence-electron chi connectivity index (χ3n) is 1.22. The van der Waals surface area contributed by atoms with Crippen molar-refractivity contribution in [2.24, 2.45) is 10.8 Å². The first-order chi connectivity index (χ1) is 5.89. The molecule has 0 radical (unpaired) electrons. The van der Waals surface area contributed by atoms with E-state index < -0.39 is 22.8 Å². The van der Waals surface area contributed by atoms with Crippen LogP contribution in [0.1, 0.15) is 41.5 Å². The van der Waals surface area contributed by atoms with E-state index in [4.69, 9.17) is 0 Å². The maximum atomic E-state index is 9.91. The smallest absolute Gasteiger partial charge is 0.550 e. The van der Waals surface area contributed by atoms with Gasteiger partial charge in [-0.3, -0.25) is 0 Å². The van der Waals surface area contributed by atoms with E-state index in [1.54, 1.807) is 41.5 Å². The summed E-state index contributed by atoms with van der Waals surface area (Å²) in [6, 6.07) is 0. The Labute approximate surface area is 126 Å². The van der Waals surface area contributed by atoms with E-state index >= 15 is 0 Å². The first-order valence-corrected chi connectivity index (χ1v) is 4.32. The van der Waals surface area contributed by atoms with Crippen LogP contribution in [0.2, 0.25) is 0 Å². The van der Waals surface area contributed by atoms with Crippen molar-refractivity contribution in [3.05, 3.63) is 0 Å². The van der Waals surface area contributed by atoms with Crippen LogP contribution in [-0.4, -0.2) is 22.9 Å². The average Bonchev–Trinajstić information content (AvgIpc) is 1.83. The molecule has 0 aromatic heterocycles. The molecule has 6 nitrogen and oxygen atoms in total. The zero-order valence-corrected chi connectivity index (χ0v) is 15.3. The maximum Gasteiger partial charge on any atom is 2.00 e. The summed E-state index contributed by atoms with van der Waals surface area (Å²) in [5, 5.41) is 19.8. The summed E-state index contributed by atoms with van der Waals surface area (Å²) >= 11 is 0. The van der Waals surface area contributed by atoms with E-state index in [-0.39, 0.29) is 42.1 Å². The van der Waals surface area contributed by atoms with Crippen molar-refractivity contribution in [2.75, 3.05) is 0 Å². The minimum Gasteiger partial charge on any atom is -0.550 e. The van der Waals surface area contributed by atoms with Crippen molar-refractivity contribution < 1.29 is 61.9 Å². The zero-order valence-electron chi connectivity index (χ0n) is 11.1. The molecule has 4 N–H and O–H groups in total. The molecule has 0 aromatic rings. The van der Waals surface area contributed by atoms with Gasteiger partial charge in [-0.05, 0) is 0 Å². The number of rotatable bonds is 0. The van der Waals surface area contributed by atoms with E-state index in [1.165, 1.54) is 0 Å². The normalized spacial score (nSPS) is 9.29. The third-order valence-corrected chi connectivity index (χ3v) is 1.22. The summed E-state index contributed by atoms with van der Waals surface area (Å²) in [4.78, 5) is 19.8. The molecule has 0 unspecified atom stereocenters. The van der Waals surface area contributed by atoms with Crippen LogP contribution in [-0.2, 0) is 9.59 Å². The Kier molecular flexibility index (Phi) is 19.6. The molecule has 0 bridgehead atoms. The van der Waals surface area contributed by atoms with Crippen molar-refractivity contribution in [1.29, 1.82) is 0 Å². The molecule has 0 heterocycles. The molecule has 0 saturated carbocycles. The molecule has 102 valence electrons. The van der Waals surface area contributed by atoms with Crippen LogP contribution in [0.4, 0.5) is 0 Å². The van der Waals surface area contributed by atoms with Gasteiger partial charge in [-0.2, -0.15) is 0 Å². The third kappa shape index (κ3) is 21.7. The van der Waals surface area contributed by atoms with Gasteiger partial charge in [-0.25, -0.2) is 0 Å². The number of hydrogen-bond acceptors (Lipinski definition) is 4. The number of carbonyl (C=O) groups excluding carboxylic acids is 2. The maximum absolute atomic E-state index is 9.91. The molecule has 0 aliphatic rings. The Balaban J connectivity index is -0.0000000480. The monoisotopic (exact) mass is 476 g/mol. The van der Waals surface area contributed by atoms with Gasteiger partial charge in [0.1, 0.15) is 0 Å². The Bertz CT molecular complexity index is 190. The van der Waals surface area contributed by atoms with Crippen LogP contribution in [0.25, 0.3) is 0 Å². The summed E-state index contributed by atoms with van der Waals surface area (Å²) in [5.41, 5.74) is -1.39. The quantitative estimate of drug-likeness (QED) is 0.395. The van der Waals surface area contributed by atoms with Gasteiger partial charge in [0.2, 0.25) is 0 Å². The van der Waals surface area contributed by atoms with Crippen LogP contribution in [0.3, 0.4) is 0 Å². The molecule has 0 amide bonds. The second-order valence-corrected chi connectivity index (χ2v) is 5.07. The van der Waals surface area contributed by atoms with E-state index in [9.17, 15) is 19.8 Å². The Morgan fingerprint density at radius 3 is 0.765 bits per heavy atom. The second-order valence-electron chi connectivity index (χ2n) is 5.07. The number of aliphatic carboxylic acids is 2. The van der Waals surface area contributed by atoms with Gasteiger partial charge in [-0.15, -0.1) is 0 Å². The van der Waals surface area contributed by atoms with Crippen molar-refractivity contribution >= 4 is 11.9 Å². The largest absolute Gasteiger partial charge is 2.00 e. The second kappa shape index (κ2) is 11.0. The van der Waals surface area contributed by atoms with Crippen LogP contribution < -0.4 is 10.2 Å². The SMILES string of the molecule is CC(C)(C)C(=O)[O-].CC(C)(C)C(=O)[O-].O.O.[U+2]. The van der Waals surface area contributed by atoms with Crippen molar-refractivity contribution in [1.82, 2.24) is 0 Å². The Morgan fingerprint density at radius 2 is 0.765 bits per heavy atom. The molecule has 7 heteroatoms. The summed E-state index contributed by atoms with van der Waals surface area (Å²) in [5.74, 6) is -2.01.